The van der Waals surface area contributed by atoms with Crippen molar-refractivity contribution in [3.63, 3.8) is 0 Å². The highest BCUT2D eigenvalue weighted by Gasteiger charge is 2.06. The molecule has 0 N–H and O–H groups in total. The third-order valence-electron chi connectivity index (χ3n) is 1.82. The predicted octanol–water partition coefficient (Wildman–Crippen LogP) is 1.07. The maximum Gasteiger partial charge on any atom is 0.253 e. The van der Waals surface area contributed by atoms with Crippen LogP contribution in [0.25, 0.3) is 5.78 Å². The van der Waals surface area contributed by atoms with Crippen molar-refractivity contribution in [2.45, 2.75) is 10.3 Å². The molecule has 0 saturated heterocycles. The zero-order chi connectivity index (χ0) is 10.8. The molecule has 6 nitrogen and oxygen atoms in total. The summed E-state index contributed by atoms with van der Waals surface area (Å²) < 4.78 is 1.62. The van der Waals surface area contributed by atoms with Crippen LogP contribution in [0.1, 0.15) is 0 Å². The van der Waals surface area contributed by atoms with Crippen molar-refractivity contribution >= 4 is 17.5 Å². The number of hydrogen-bond acceptors (Lipinski definition) is 6. The largest absolute Gasteiger partial charge is 0.253 e. The summed E-state index contributed by atoms with van der Waals surface area (Å²) in [6, 6.07) is 3.57. The van der Waals surface area contributed by atoms with E-state index in [1.165, 1.54) is 11.8 Å². The van der Waals surface area contributed by atoms with Gasteiger partial charge in [0.05, 0.1) is 0 Å². The summed E-state index contributed by atoms with van der Waals surface area (Å²) in [5.74, 6) is 0.570. The van der Waals surface area contributed by atoms with Gasteiger partial charge in [0.25, 0.3) is 5.78 Å². The first-order valence-electron chi connectivity index (χ1n) is 4.54. The summed E-state index contributed by atoms with van der Waals surface area (Å²) in [5, 5.41) is 5.45. The molecule has 0 aliphatic rings. The zero-order valence-electron chi connectivity index (χ0n) is 8.06. The molecule has 3 aromatic heterocycles. The third kappa shape index (κ3) is 1.72. The fourth-order valence-electron chi connectivity index (χ4n) is 1.18. The molecule has 0 saturated carbocycles. The molecule has 7 heteroatoms. The van der Waals surface area contributed by atoms with Gasteiger partial charge >= 0.3 is 0 Å². The molecule has 0 aliphatic carbocycles. The van der Waals surface area contributed by atoms with Gasteiger partial charge in [-0.2, -0.15) is 4.98 Å². The van der Waals surface area contributed by atoms with Gasteiger partial charge in [0.15, 0.2) is 5.16 Å². The molecule has 0 atom stereocenters. The molecule has 16 heavy (non-hydrogen) atoms. The summed E-state index contributed by atoms with van der Waals surface area (Å²) in [7, 11) is 0. The molecule has 3 aromatic rings. The van der Waals surface area contributed by atoms with Crippen molar-refractivity contribution in [2.24, 2.45) is 0 Å². The van der Waals surface area contributed by atoms with Gasteiger partial charge < -0.3 is 0 Å². The number of rotatable bonds is 2. The zero-order valence-corrected chi connectivity index (χ0v) is 8.87. The van der Waals surface area contributed by atoms with Crippen LogP contribution in [0.3, 0.4) is 0 Å². The highest BCUT2D eigenvalue weighted by molar-refractivity contribution is 7.99. The van der Waals surface area contributed by atoms with E-state index < -0.39 is 0 Å². The summed E-state index contributed by atoms with van der Waals surface area (Å²) in [5.41, 5.74) is 0. The average molecular weight is 230 g/mol. The van der Waals surface area contributed by atoms with Gasteiger partial charge in [-0.25, -0.2) is 19.5 Å². The second-order valence-corrected chi connectivity index (χ2v) is 3.83. The molecule has 0 radical (unpaired) electrons. The third-order valence-corrected chi connectivity index (χ3v) is 2.57. The number of hydrogen-bond donors (Lipinski definition) is 0. The standard InChI is InChI=1S/C9H6N6S/c1-3-11-8(12-4-1)16-9-13-7-10-5-2-6-15(7)14-9/h1-6H. The Hall–Kier alpha value is -2.02. The van der Waals surface area contributed by atoms with Gasteiger partial charge in [-0.3, -0.25) is 0 Å². The van der Waals surface area contributed by atoms with Gasteiger partial charge in [0.2, 0.25) is 5.16 Å². The van der Waals surface area contributed by atoms with Crippen LogP contribution in [0.4, 0.5) is 0 Å². The van der Waals surface area contributed by atoms with Crippen LogP contribution in [0.5, 0.6) is 0 Å². The maximum atomic E-state index is 4.23. The van der Waals surface area contributed by atoms with E-state index in [2.05, 4.69) is 25.0 Å². The first kappa shape index (κ1) is 9.22. The Morgan fingerprint density at radius 2 is 1.75 bits per heavy atom. The summed E-state index contributed by atoms with van der Waals surface area (Å²) >= 11 is 1.31. The Bertz CT molecular complexity index is 574. The highest BCUT2D eigenvalue weighted by Crippen LogP contribution is 2.19. The topological polar surface area (TPSA) is 68.9 Å². The van der Waals surface area contributed by atoms with Gasteiger partial charge in [0, 0.05) is 24.8 Å². The molecular formula is C9H6N6S. The van der Waals surface area contributed by atoms with Crippen molar-refractivity contribution in [3.05, 3.63) is 36.9 Å². The Balaban J connectivity index is 1.95. The molecule has 0 unspecified atom stereocenters. The Morgan fingerprint density at radius 1 is 0.938 bits per heavy atom. The smallest absolute Gasteiger partial charge is 0.231 e. The lowest BCUT2D eigenvalue weighted by atomic mass is 10.7. The fraction of sp³-hybridized carbons (Fsp3) is 0. The van der Waals surface area contributed by atoms with E-state index in [-0.39, 0.29) is 0 Å². The lowest BCUT2D eigenvalue weighted by Gasteiger charge is -1.91. The first-order valence-corrected chi connectivity index (χ1v) is 5.36. The molecule has 3 rings (SSSR count). The van der Waals surface area contributed by atoms with E-state index in [1.54, 1.807) is 41.4 Å². The van der Waals surface area contributed by atoms with Crippen LogP contribution in [0, 0.1) is 0 Å². The van der Waals surface area contributed by atoms with Crippen LogP contribution in [-0.4, -0.2) is 29.5 Å². The summed E-state index contributed by atoms with van der Waals surface area (Å²) in [6.45, 7) is 0. The lowest BCUT2D eigenvalue weighted by Crippen LogP contribution is -1.87. The van der Waals surface area contributed by atoms with E-state index >= 15 is 0 Å². The normalized spacial score (nSPS) is 10.8. The van der Waals surface area contributed by atoms with E-state index in [9.17, 15) is 0 Å². The number of nitrogens with zero attached hydrogens (tertiary/aromatic N) is 6. The van der Waals surface area contributed by atoms with Gasteiger partial charge in [-0.05, 0) is 23.9 Å². The molecule has 0 aromatic carbocycles. The fourth-order valence-corrected chi connectivity index (χ4v) is 1.82. The van der Waals surface area contributed by atoms with Crippen molar-refractivity contribution in [1.82, 2.24) is 29.5 Å². The summed E-state index contributed by atoms with van der Waals surface area (Å²) in [4.78, 5) is 16.5. The first-order chi connectivity index (χ1) is 7.92. The van der Waals surface area contributed by atoms with Gasteiger partial charge in [0.1, 0.15) is 0 Å². The lowest BCUT2D eigenvalue weighted by molar-refractivity contribution is 0.872. The number of aromatic nitrogens is 6. The van der Waals surface area contributed by atoms with Gasteiger partial charge in [-0.1, -0.05) is 0 Å². The monoisotopic (exact) mass is 230 g/mol. The Morgan fingerprint density at radius 3 is 2.56 bits per heavy atom. The maximum absolute atomic E-state index is 4.23. The molecule has 0 aliphatic heterocycles. The van der Waals surface area contributed by atoms with Crippen molar-refractivity contribution in [2.75, 3.05) is 0 Å². The highest BCUT2D eigenvalue weighted by atomic mass is 32.2. The van der Waals surface area contributed by atoms with Crippen LogP contribution >= 0.6 is 11.8 Å². The molecule has 78 valence electrons. The minimum Gasteiger partial charge on any atom is -0.231 e. The molecule has 0 bridgehead atoms. The van der Waals surface area contributed by atoms with Crippen molar-refractivity contribution in [1.29, 1.82) is 0 Å². The van der Waals surface area contributed by atoms with E-state index in [1.807, 2.05) is 0 Å². The molecule has 0 fully saturated rings. The second-order valence-electron chi connectivity index (χ2n) is 2.89. The Kier molecular flexibility index (Phi) is 2.22. The quantitative estimate of drug-likeness (QED) is 0.613. The molecule has 0 spiro atoms. The average Bonchev–Trinajstić information content (AvgIpc) is 2.72. The van der Waals surface area contributed by atoms with Gasteiger partial charge in [-0.15, -0.1) is 5.10 Å². The van der Waals surface area contributed by atoms with E-state index in [4.69, 9.17) is 0 Å². The minimum atomic E-state index is 0.570. The van der Waals surface area contributed by atoms with Crippen LogP contribution in [0.2, 0.25) is 0 Å². The SMILES string of the molecule is c1cnc(Sc2nc3ncccn3n2)nc1. The predicted molar refractivity (Wildman–Crippen MR) is 56.9 cm³/mol. The molecule has 3 heterocycles. The van der Waals surface area contributed by atoms with Crippen LogP contribution in [0.15, 0.2) is 47.2 Å². The summed E-state index contributed by atoms with van der Waals surface area (Å²) in [6.07, 6.45) is 6.84. The van der Waals surface area contributed by atoms with Crippen molar-refractivity contribution < 1.29 is 0 Å². The van der Waals surface area contributed by atoms with Crippen LogP contribution in [-0.2, 0) is 0 Å². The second kappa shape index (κ2) is 3.86. The Labute approximate surface area is 94.8 Å². The molecule has 0 amide bonds. The van der Waals surface area contributed by atoms with Crippen molar-refractivity contribution in [3.8, 4) is 0 Å². The van der Waals surface area contributed by atoms with Crippen LogP contribution < -0.4 is 0 Å². The molecular weight excluding hydrogens is 224 g/mol. The number of fused-ring (bicyclic) bond motifs is 1. The van der Waals surface area contributed by atoms with E-state index in [0.29, 0.717) is 16.1 Å². The van der Waals surface area contributed by atoms with E-state index in [0.717, 1.165) is 0 Å². The minimum absolute atomic E-state index is 0.570.